The first-order chi connectivity index (χ1) is 9.24. The third-order valence-electron chi connectivity index (χ3n) is 5.43. The lowest BCUT2D eigenvalue weighted by atomic mass is 9.59. The summed E-state index contributed by atoms with van der Waals surface area (Å²) in [4.78, 5) is 2.59. The fourth-order valence-electron chi connectivity index (χ4n) is 4.29. The molecule has 0 amide bonds. The van der Waals surface area contributed by atoms with Crippen molar-refractivity contribution in [2.45, 2.75) is 44.4 Å². The van der Waals surface area contributed by atoms with E-state index in [0.717, 1.165) is 5.92 Å². The molecule has 0 aromatic heterocycles. The standard InChI is InChI=1S/C17H25NO/c1-2-18-11-10-17(9-4-3-6-15(17)13-18)14-7-5-8-16(19)12-14/h5,7-8,12,15,19H,2-4,6,9-11,13H2,1H3/t15-,17-/m0/s1. The van der Waals surface area contributed by atoms with Crippen LogP contribution in [0.15, 0.2) is 24.3 Å². The first-order valence-corrected chi connectivity index (χ1v) is 7.76. The first-order valence-electron chi connectivity index (χ1n) is 7.76. The van der Waals surface area contributed by atoms with Crippen LogP contribution in [0.2, 0.25) is 0 Å². The SMILES string of the molecule is CCN1CC[C@]2(c3cccc(O)c3)CCCC[C@H]2C1. The van der Waals surface area contributed by atoms with Gasteiger partial charge in [-0.2, -0.15) is 0 Å². The normalized spacial score (nSPS) is 31.9. The van der Waals surface area contributed by atoms with Crippen molar-refractivity contribution >= 4 is 0 Å². The Kier molecular flexibility index (Phi) is 3.53. The summed E-state index contributed by atoms with van der Waals surface area (Å²) in [6, 6.07) is 8.05. The average molecular weight is 259 g/mol. The molecule has 0 radical (unpaired) electrons. The average Bonchev–Trinajstić information content (AvgIpc) is 2.46. The van der Waals surface area contributed by atoms with Crippen molar-refractivity contribution < 1.29 is 5.11 Å². The van der Waals surface area contributed by atoms with Gasteiger partial charge in [0.05, 0.1) is 0 Å². The van der Waals surface area contributed by atoms with Crippen LogP contribution in [-0.4, -0.2) is 29.6 Å². The predicted octanol–water partition coefficient (Wildman–Crippen LogP) is 3.55. The highest BCUT2D eigenvalue weighted by molar-refractivity contribution is 5.35. The molecule has 1 saturated heterocycles. The molecule has 0 spiro atoms. The molecule has 19 heavy (non-hydrogen) atoms. The molecule has 2 fully saturated rings. The smallest absolute Gasteiger partial charge is 0.115 e. The Morgan fingerprint density at radius 1 is 1.32 bits per heavy atom. The highest BCUT2D eigenvalue weighted by Gasteiger charge is 2.45. The van der Waals surface area contributed by atoms with Crippen LogP contribution >= 0.6 is 0 Å². The van der Waals surface area contributed by atoms with Crippen LogP contribution in [0, 0.1) is 5.92 Å². The molecule has 1 heterocycles. The second-order valence-corrected chi connectivity index (χ2v) is 6.29. The Bertz CT molecular complexity index is 445. The molecule has 1 aliphatic heterocycles. The van der Waals surface area contributed by atoms with Gasteiger partial charge in [-0.15, -0.1) is 0 Å². The van der Waals surface area contributed by atoms with E-state index in [1.54, 1.807) is 6.07 Å². The number of hydrogen-bond acceptors (Lipinski definition) is 2. The number of nitrogens with zero attached hydrogens (tertiary/aromatic N) is 1. The topological polar surface area (TPSA) is 23.5 Å². The molecular formula is C17H25NO. The summed E-state index contributed by atoms with van der Waals surface area (Å²) in [5.74, 6) is 1.20. The van der Waals surface area contributed by atoms with E-state index < -0.39 is 0 Å². The van der Waals surface area contributed by atoms with E-state index in [4.69, 9.17) is 0 Å². The van der Waals surface area contributed by atoms with Gasteiger partial charge in [0.15, 0.2) is 0 Å². The Balaban J connectivity index is 1.94. The van der Waals surface area contributed by atoms with E-state index in [0.29, 0.717) is 11.2 Å². The number of phenolic OH excluding ortho intramolecular Hbond substituents is 1. The molecule has 2 atom stereocenters. The van der Waals surface area contributed by atoms with Crippen molar-refractivity contribution in [3.8, 4) is 5.75 Å². The number of rotatable bonds is 2. The lowest BCUT2D eigenvalue weighted by molar-refractivity contribution is 0.0592. The third-order valence-corrected chi connectivity index (χ3v) is 5.43. The largest absolute Gasteiger partial charge is 0.508 e. The minimum Gasteiger partial charge on any atom is -0.508 e. The zero-order valence-electron chi connectivity index (χ0n) is 11.9. The molecule has 1 aromatic carbocycles. The van der Waals surface area contributed by atoms with E-state index in [1.807, 2.05) is 12.1 Å². The van der Waals surface area contributed by atoms with Crippen molar-refractivity contribution in [2.75, 3.05) is 19.6 Å². The van der Waals surface area contributed by atoms with Gasteiger partial charge in [-0.25, -0.2) is 0 Å². The lowest BCUT2D eigenvalue weighted by Crippen LogP contribution is -2.51. The van der Waals surface area contributed by atoms with Gasteiger partial charge in [0, 0.05) is 12.0 Å². The van der Waals surface area contributed by atoms with E-state index in [1.165, 1.54) is 57.3 Å². The van der Waals surface area contributed by atoms with Crippen LogP contribution in [0.25, 0.3) is 0 Å². The zero-order valence-corrected chi connectivity index (χ0v) is 11.9. The number of fused-ring (bicyclic) bond motifs is 1. The van der Waals surface area contributed by atoms with Crippen molar-refractivity contribution in [3.63, 3.8) is 0 Å². The fourth-order valence-corrected chi connectivity index (χ4v) is 4.29. The summed E-state index contributed by atoms with van der Waals surface area (Å²) in [7, 11) is 0. The number of aromatic hydroxyl groups is 1. The second kappa shape index (κ2) is 5.16. The van der Waals surface area contributed by atoms with Crippen molar-refractivity contribution in [1.82, 2.24) is 4.90 Å². The van der Waals surface area contributed by atoms with Crippen molar-refractivity contribution in [3.05, 3.63) is 29.8 Å². The Labute approximate surface area is 116 Å². The van der Waals surface area contributed by atoms with Gasteiger partial charge >= 0.3 is 0 Å². The molecular weight excluding hydrogens is 234 g/mol. The predicted molar refractivity (Wildman–Crippen MR) is 78.5 cm³/mol. The molecule has 3 rings (SSSR count). The van der Waals surface area contributed by atoms with Gasteiger partial charge in [-0.05, 0) is 56.0 Å². The number of benzene rings is 1. The van der Waals surface area contributed by atoms with Gasteiger partial charge in [0.2, 0.25) is 0 Å². The molecule has 1 aliphatic carbocycles. The summed E-state index contributed by atoms with van der Waals surface area (Å²) in [6.45, 7) is 5.89. The monoisotopic (exact) mass is 259 g/mol. The van der Waals surface area contributed by atoms with Gasteiger partial charge < -0.3 is 10.0 Å². The molecule has 1 aromatic rings. The van der Waals surface area contributed by atoms with Gasteiger partial charge in [0.1, 0.15) is 5.75 Å². The van der Waals surface area contributed by atoms with Gasteiger partial charge in [-0.1, -0.05) is 31.9 Å². The van der Waals surface area contributed by atoms with Crippen LogP contribution < -0.4 is 0 Å². The number of phenols is 1. The number of hydrogen-bond donors (Lipinski definition) is 1. The van der Waals surface area contributed by atoms with E-state index in [-0.39, 0.29) is 0 Å². The molecule has 104 valence electrons. The minimum atomic E-state index is 0.336. The molecule has 2 heteroatoms. The second-order valence-electron chi connectivity index (χ2n) is 6.29. The molecule has 0 unspecified atom stereocenters. The van der Waals surface area contributed by atoms with Crippen LogP contribution in [0.1, 0.15) is 44.6 Å². The van der Waals surface area contributed by atoms with E-state index >= 15 is 0 Å². The third kappa shape index (κ3) is 2.27. The maximum Gasteiger partial charge on any atom is 0.115 e. The number of piperidine rings is 1. The van der Waals surface area contributed by atoms with Crippen molar-refractivity contribution in [2.24, 2.45) is 5.92 Å². The van der Waals surface area contributed by atoms with E-state index in [9.17, 15) is 5.11 Å². The lowest BCUT2D eigenvalue weighted by Gasteiger charge is -2.51. The number of likely N-dealkylation sites (tertiary alicyclic amines) is 1. The summed E-state index contributed by atoms with van der Waals surface area (Å²) in [5.41, 5.74) is 1.72. The molecule has 1 N–H and O–H groups in total. The summed E-state index contributed by atoms with van der Waals surface area (Å²) < 4.78 is 0. The molecule has 2 aliphatic rings. The maximum absolute atomic E-state index is 9.82. The Morgan fingerprint density at radius 3 is 3.00 bits per heavy atom. The molecule has 0 bridgehead atoms. The minimum absolute atomic E-state index is 0.336. The van der Waals surface area contributed by atoms with Crippen molar-refractivity contribution in [1.29, 1.82) is 0 Å². The summed E-state index contributed by atoms with van der Waals surface area (Å²) in [6.07, 6.45) is 6.64. The quantitative estimate of drug-likeness (QED) is 0.878. The van der Waals surface area contributed by atoms with Crippen LogP contribution in [-0.2, 0) is 5.41 Å². The zero-order chi connectivity index (χ0) is 13.3. The van der Waals surface area contributed by atoms with Crippen LogP contribution in [0.3, 0.4) is 0 Å². The molecule has 1 saturated carbocycles. The first kappa shape index (κ1) is 13.0. The summed E-state index contributed by atoms with van der Waals surface area (Å²) in [5, 5.41) is 9.82. The van der Waals surface area contributed by atoms with Gasteiger partial charge in [-0.3, -0.25) is 0 Å². The highest BCUT2D eigenvalue weighted by atomic mass is 16.3. The van der Waals surface area contributed by atoms with Gasteiger partial charge in [0.25, 0.3) is 0 Å². The highest BCUT2D eigenvalue weighted by Crippen LogP contribution is 2.49. The maximum atomic E-state index is 9.82. The van der Waals surface area contributed by atoms with Crippen LogP contribution in [0.5, 0.6) is 5.75 Å². The molecule has 2 nitrogen and oxygen atoms in total. The Morgan fingerprint density at radius 2 is 2.21 bits per heavy atom. The van der Waals surface area contributed by atoms with E-state index in [2.05, 4.69) is 17.9 Å². The fraction of sp³-hybridized carbons (Fsp3) is 0.647. The Hall–Kier alpha value is -1.02. The summed E-state index contributed by atoms with van der Waals surface area (Å²) >= 11 is 0. The van der Waals surface area contributed by atoms with Crippen LogP contribution in [0.4, 0.5) is 0 Å².